The van der Waals surface area contributed by atoms with Gasteiger partial charge < -0.3 is 15.4 Å². The van der Waals surface area contributed by atoms with Gasteiger partial charge in [-0.3, -0.25) is 4.98 Å². The van der Waals surface area contributed by atoms with Crippen LogP contribution in [-0.4, -0.2) is 21.0 Å². The number of H-pyrrole nitrogens is 1. The molecule has 5 aromatic rings. The molecule has 0 aliphatic rings. The van der Waals surface area contributed by atoms with Crippen LogP contribution in [0.3, 0.4) is 0 Å². The summed E-state index contributed by atoms with van der Waals surface area (Å²) in [5, 5.41) is 23.4. The topological polar surface area (TPSA) is 102 Å². The van der Waals surface area contributed by atoms with Gasteiger partial charge in [-0.15, -0.1) is 0 Å². The number of hydrogen-bond donors (Lipinski definition) is 3. The number of aromatic carboxylic acids is 1. The average molecular weight is 430 g/mol. The van der Waals surface area contributed by atoms with Crippen molar-refractivity contribution in [2.45, 2.75) is 0 Å². The van der Waals surface area contributed by atoms with E-state index in [4.69, 9.17) is 5.11 Å². The van der Waals surface area contributed by atoms with Gasteiger partial charge in [-0.1, -0.05) is 30.3 Å². The van der Waals surface area contributed by atoms with Crippen molar-refractivity contribution in [2.75, 3.05) is 5.32 Å². The molecular formula is C27H18N4O2. The number of benzene rings is 3. The summed E-state index contributed by atoms with van der Waals surface area (Å²) < 4.78 is 0. The van der Waals surface area contributed by atoms with Crippen LogP contribution in [0.15, 0.2) is 91.4 Å². The summed E-state index contributed by atoms with van der Waals surface area (Å²) in [6.07, 6.45) is 5.18. The normalized spacial score (nSPS) is 10.6. The van der Waals surface area contributed by atoms with Crippen LogP contribution in [0, 0.1) is 11.3 Å². The molecule has 2 heterocycles. The number of nitriles is 1. The van der Waals surface area contributed by atoms with Crippen LogP contribution in [-0.2, 0) is 0 Å². The third-order valence-corrected chi connectivity index (χ3v) is 5.53. The van der Waals surface area contributed by atoms with E-state index in [1.54, 1.807) is 36.7 Å². The molecule has 3 aromatic carbocycles. The third kappa shape index (κ3) is 3.91. The lowest BCUT2D eigenvalue weighted by molar-refractivity contribution is 0.0697. The Labute approximate surface area is 189 Å². The van der Waals surface area contributed by atoms with Gasteiger partial charge in [0.05, 0.1) is 16.8 Å². The van der Waals surface area contributed by atoms with Crippen LogP contribution < -0.4 is 5.32 Å². The average Bonchev–Trinajstić information content (AvgIpc) is 3.32. The molecule has 33 heavy (non-hydrogen) atoms. The minimum atomic E-state index is -0.955. The zero-order valence-electron chi connectivity index (χ0n) is 17.4. The summed E-state index contributed by atoms with van der Waals surface area (Å²) in [6, 6.07) is 24.8. The molecule has 0 amide bonds. The molecule has 6 heteroatoms. The lowest BCUT2D eigenvalue weighted by Crippen LogP contribution is -1.98. The molecule has 0 radical (unpaired) electrons. The molecule has 0 saturated heterocycles. The maximum Gasteiger partial charge on any atom is 0.335 e. The summed E-state index contributed by atoms with van der Waals surface area (Å²) in [6.45, 7) is 0. The first-order chi connectivity index (χ1) is 16.1. The van der Waals surface area contributed by atoms with E-state index in [1.807, 2.05) is 54.7 Å². The molecule has 3 N–H and O–H groups in total. The van der Waals surface area contributed by atoms with Crippen molar-refractivity contribution in [3.05, 3.63) is 103 Å². The Bertz CT molecular complexity index is 1530. The van der Waals surface area contributed by atoms with E-state index >= 15 is 0 Å². The molecule has 6 nitrogen and oxygen atoms in total. The highest BCUT2D eigenvalue weighted by Crippen LogP contribution is 2.35. The number of rotatable bonds is 5. The zero-order chi connectivity index (χ0) is 22.8. The first kappa shape index (κ1) is 20.0. The van der Waals surface area contributed by atoms with Crippen LogP contribution >= 0.6 is 0 Å². The number of aromatic nitrogens is 2. The number of carboxylic acid groups (broad SMARTS) is 1. The molecule has 0 aliphatic heterocycles. The number of nitrogens with one attached hydrogen (secondary N) is 2. The van der Waals surface area contributed by atoms with Gasteiger partial charge in [0, 0.05) is 40.7 Å². The van der Waals surface area contributed by atoms with Gasteiger partial charge in [-0.2, -0.15) is 5.26 Å². The minimum Gasteiger partial charge on any atom is -0.478 e. The molecule has 0 saturated carbocycles. The number of hydrogen-bond acceptors (Lipinski definition) is 4. The lowest BCUT2D eigenvalue weighted by Gasteiger charge is -2.15. The van der Waals surface area contributed by atoms with E-state index in [0.717, 1.165) is 38.8 Å². The Balaban J connectivity index is 1.56. The van der Waals surface area contributed by atoms with Crippen molar-refractivity contribution in [3.8, 4) is 28.3 Å². The Morgan fingerprint density at radius 2 is 1.76 bits per heavy atom. The fourth-order valence-electron chi connectivity index (χ4n) is 3.85. The van der Waals surface area contributed by atoms with Crippen LogP contribution in [0.5, 0.6) is 0 Å². The molecular weight excluding hydrogens is 412 g/mol. The number of nitrogens with zero attached hydrogens (tertiary/aromatic N) is 2. The number of carbonyl (C=O) groups is 1. The van der Waals surface area contributed by atoms with Gasteiger partial charge in [0.15, 0.2) is 0 Å². The van der Waals surface area contributed by atoms with E-state index in [0.29, 0.717) is 11.3 Å². The summed E-state index contributed by atoms with van der Waals surface area (Å²) in [5.74, 6) is -0.955. The van der Waals surface area contributed by atoms with Crippen LogP contribution in [0.25, 0.3) is 33.2 Å². The van der Waals surface area contributed by atoms with Crippen molar-refractivity contribution < 1.29 is 9.90 Å². The number of pyridine rings is 1. The number of anilines is 2. The first-order valence-electron chi connectivity index (χ1n) is 10.3. The Morgan fingerprint density at radius 1 is 0.939 bits per heavy atom. The monoisotopic (exact) mass is 430 g/mol. The molecule has 0 atom stereocenters. The van der Waals surface area contributed by atoms with Crippen molar-refractivity contribution in [1.82, 2.24) is 9.97 Å². The SMILES string of the molecule is N#Cc1cncc(-c2cccc(-c3ccc(C(=O)O)cc3)c2)c1Nc1ccc2[nH]ccc2c1. The Morgan fingerprint density at radius 3 is 2.55 bits per heavy atom. The van der Waals surface area contributed by atoms with Gasteiger partial charge in [0.1, 0.15) is 6.07 Å². The van der Waals surface area contributed by atoms with E-state index in [-0.39, 0.29) is 5.56 Å². The maximum atomic E-state index is 11.2. The number of carboxylic acids is 1. The molecule has 0 spiro atoms. The van der Waals surface area contributed by atoms with E-state index in [1.165, 1.54) is 0 Å². The van der Waals surface area contributed by atoms with Crippen LogP contribution in [0.4, 0.5) is 11.4 Å². The predicted molar refractivity (Wildman–Crippen MR) is 128 cm³/mol. The summed E-state index contributed by atoms with van der Waals surface area (Å²) in [5.41, 5.74) is 6.80. The highest BCUT2D eigenvalue weighted by Gasteiger charge is 2.13. The van der Waals surface area contributed by atoms with Gasteiger partial charge in [-0.25, -0.2) is 4.79 Å². The Hall–Kier alpha value is -4.89. The van der Waals surface area contributed by atoms with Gasteiger partial charge >= 0.3 is 5.97 Å². The molecule has 0 bridgehead atoms. The molecule has 2 aromatic heterocycles. The highest BCUT2D eigenvalue weighted by molar-refractivity contribution is 5.90. The first-order valence-corrected chi connectivity index (χ1v) is 10.3. The van der Waals surface area contributed by atoms with Gasteiger partial charge in [-0.05, 0) is 59.2 Å². The quantitative estimate of drug-likeness (QED) is 0.308. The fraction of sp³-hybridized carbons (Fsp3) is 0. The highest BCUT2D eigenvalue weighted by atomic mass is 16.4. The number of fused-ring (bicyclic) bond motifs is 1. The van der Waals surface area contributed by atoms with Crippen molar-refractivity contribution in [1.29, 1.82) is 5.26 Å². The molecule has 0 unspecified atom stereocenters. The van der Waals surface area contributed by atoms with Crippen molar-refractivity contribution in [2.24, 2.45) is 0 Å². The largest absolute Gasteiger partial charge is 0.478 e. The molecule has 158 valence electrons. The molecule has 5 rings (SSSR count). The maximum absolute atomic E-state index is 11.2. The minimum absolute atomic E-state index is 0.242. The smallest absolute Gasteiger partial charge is 0.335 e. The standard InChI is InChI=1S/C27H18N4O2/c28-14-22-15-29-16-24(26(22)31-23-8-9-25-21(13-23)10-11-30-25)20-3-1-2-19(12-20)17-4-6-18(7-5-17)27(32)33/h1-13,15-16,30H,(H,29,31)(H,32,33). The van der Waals surface area contributed by atoms with Crippen LogP contribution in [0.2, 0.25) is 0 Å². The van der Waals surface area contributed by atoms with Gasteiger partial charge in [0.25, 0.3) is 0 Å². The van der Waals surface area contributed by atoms with E-state index in [9.17, 15) is 10.1 Å². The van der Waals surface area contributed by atoms with Crippen molar-refractivity contribution in [3.63, 3.8) is 0 Å². The summed E-state index contributed by atoms with van der Waals surface area (Å²) >= 11 is 0. The second kappa shape index (κ2) is 8.33. The predicted octanol–water partition coefficient (Wildman–Crippen LogP) is 6.21. The lowest BCUT2D eigenvalue weighted by atomic mass is 9.97. The fourth-order valence-corrected chi connectivity index (χ4v) is 3.85. The second-order valence-electron chi connectivity index (χ2n) is 7.59. The van der Waals surface area contributed by atoms with Crippen LogP contribution in [0.1, 0.15) is 15.9 Å². The second-order valence-corrected chi connectivity index (χ2v) is 7.59. The van der Waals surface area contributed by atoms with Crippen molar-refractivity contribution >= 4 is 28.2 Å². The molecule has 0 fully saturated rings. The van der Waals surface area contributed by atoms with E-state index in [2.05, 4.69) is 21.4 Å². The van der Waals surface area contributed by atoms with Gasteiger partial charge in [0.2, 0.25) is 0 Å². The number of aromatic amines is 1. The Kier molecular flexibility index (Phi) is 5.06. The summed E-state index contributed by atoms with van der Waals surface area (Å²) in [4.78, 5) is 18.6. The molecule has 0 aliphatic carbocycles. The third-order valence-electron chi connectivity index (χ3n) is 5.53. The zero-order valence-corrected chi connectivity index (χ0v) is 17.4. The summed E-state index contributed by atoms with van der Waals surface area (Å²) in [7, 11) is 0. The van der Waals surface area contributed by atoms with E-state index < -0.39 is 5.97 Å².